The van der Waals surface area contributed by atoms with Crippen LogP contribution in [0.1, 0.15) is 37.8 Å². The fourth-order valence-corrected chi connectivity index (χ4v) is 4.41. The number of benzene rings is 1. The average molecular weight is 552 g/mol. The van der Waals surface area contributed by atoms with E-state index in [9.17, 15) is 4.79 Å². The number of halogens is 1. The Morgan fingerprint density at radius 3 is 2.62 bits per heavy atom. The molecule has 1 unspecified atom stereocenters. The first-order valence-electron chi connectivity index (χ1n) is 11.1. The Labute approximate surface area is 206 Å². The highest BCUT2D eigenvalue weighted by atomic mass is 127. The number of ether oxygens (including phenoxy) is 1. The number of hydrogen-bond acceptors (Lipinski definition) is 4. The van der Waals surface area contributed by atoms with Gasteiger partial charge in [-0.1, -0.05) is 12.8 Å². The molecule has 0 spiro atoms. The summed E-state index contributed by atoms with van der Waals surface area (Å²) in [5, 5.41) is 11.4. The van der Waals surface area contributed by atoms with Crippen LogP contribution in [0.3, 0.4) is 0 Å². The van der Waals surface area contributed by atoms with Crippen molar-refractivity contribution in [3.63, 3.8) is 0 Å². The van der Waals surface area contributed by atoms with Crippen molar-refractivity contribution in [2.75, 3.05) is 27.2 Å². The van der Waals surface area contributed by atoms with E-state index in [4.69, 9.17) is 4.74 Å². The minimum Gasteiger partial charge on any atom is -0.497 e. The van der Waals surface area contributed by atoms with Crippen LogP contribution in [-0.4, -0.2) is 59.8 Å². The average Bonchev–Trinajstić information content (AvgIpc) is 3.58. The molecular weight excluding hydrogens is 519 g/mol. The fraction of sp³-hybridized carbons (Fsp3) is 0.522. The maximum atomic E-state index is 12.6. The number of hydrogen-bond donors (Lipinski definition) is 2. The smallest absolute Gasteiger partial charge is 0.225 e. The molecule has 32 heavy (non-hydrogen) atoms. The summed E-state index contributed by atoms with van der Waals surface area (Å²) < 4.78 is 7.05. The number of nitrogens with zero attached hydrogens (tertiary/aromatic N) is 4. The highest BCUT2D eigenvalue weighted by molar-refractivity contribution is 14.0. The topological polar surface area (TPSA) is 83.8 Å². The third kappa shape index (κ3) is 5.93. The van der Waals surface area contributed by atoms with Crippen LogP contribution in [0.2, 0.25) is 0 Å². The van der Waals surface area contributed by atoms with E-state index < -0.39 is 0 Å². The Morgan fingerprint density at radius 2 is 1.94 bits per heavy atom. The summed E-state index contributed by atoms with van der Waals surface area (Å²) in [7, 11) is 3.42. The van der Waals surface area contributed by atoms with Crippen LogP contribution in [0, 0.1) is 5.92 Å². The van der Waals surface area contributed by atoms with E-state index in [1.165, 1.54) is 12.8 Å². The van der Waals surface area contributed by atoms with E-state index in [1.807, 2.05) is 46.1 Å². The summed E-state index contributed by atoms with van der Waals surface area (Å²) in [4.78, 5) is 19.0. The first-order chi connectivity index (χ1) is 15.2. The molecule has 1 aromatic carbocycles. The highest BCUT2D eigenvalue weighted by Crippen LogP contribution is 2.27. The molecule has 4 rings (SSSR count). The second kappa shape index (κ2) is 11.5. The second-order valence-corrected chi connectivity index (χ2v) is 8.27. The van der Waals surface area contributed by atoms with E-state index in [0.29, 0.717) is 12.5 Å². The van der Waals surface area contributed by atoms with Crippen molar-refractivity contribution < 1.29 is 9.53 Å². The summed E-state index contributed by atoms with van der Waals surface area (Å²) in [5.41, 5.74) is 1.90. The number of aliphatic imine (C=N–C) groups is 1. The molecule has 9 heteroatoms. The fourth-order valence-electron chi connectivity index (χ4n) is 4.41. The molecule has 2 fully saturated rings. The SMILES string of the molecule is CN=C(NCc1ccn(-c2ccc(OC)cc2)n1)NC1CCN(C(=O)C2CCCC2)C1.I. The van der Waals surface area contributed by atoms with Gasteiger partial charge in [-0.3, -0.25) is 9.79 Å². The second-order valence-electron chi connectivity index (χ2n) is 8.27. The quantitative estimate of drug-likeness (QED) is 0.327. The summed E-state index contributed by atoms with van der Waals surface area (Å²) in [6.45, 7) is 2.15. The summed E-state index contributed by atoms with van der Waals surface area (Å²) in [5.74, 6) is 2.15. The van der Waals surface area contributed by atoms with E-state index in [2.05, 4.69) is 20.7 Å². The highest BCUT2D eigenvalue weighted by Gasteiger charge is 2.32. The van der Waals surface area contributed by atoms with Gasteiger partial charge in [-0.15, -0.1) is 24.0 Å². The minimum absolute atomic E-state index is 0. The van der Waals surface area contributed by atoms with Crippen molar-refractivity contribution in [1.29, 1.82) is 0 Å². The number of carbonyl (C=O) groups is 1. The van der Waals surface area contributed by atoms with E-state index in [1.54, 1.807) is 14.2 Å². The van der Waals surface area contributed by atoms with Crippen LogP contribution in [0.25, 0.3) is 5.69 Å². The number of guanidine groups is 1. The number of rotatable bonds is 6. The zero-order valence-electron chi connectivity index (χ0n) is 18.8. The lowest BCUT2D eigenvalue weighted by Crippen LogP contribution is -2.45. The van der Waals surface area contributed by atoms with Gasteiger partial charge in [0, 0.05) is 38.3 Å². The summed E-state index contributed by atoms with van der Waals surface area (Å²) >= 11 is 0. The number of amides is 1. The van der Waals surface area contributed by atoms with Gasteiger partial charge < -0.3 is 20.3 Å². The van der Waals surface area contributed by atoms with E-state index in [0.717, 1.165) is 55.4 Å². The van der Waals surface area contributed by atoms with Gasteiger partial charge in [0.05, 0.1) is 25.0 Å². The lowest BCUT2D eigenvalue weighted by molar-refractivity contribution is -0.134. The number of methoxy groups -OCH3 is 1. The molecule has 0 bridgehead atoms. The zero-order valence-corrected chi connectivity index (χ0v) is 21.1. The molecule has 1 aliphatic carbocycles. The van der Waals surface area contributed by atoms with Crippen molar-refractivity contribution in [1.82, 2.24) is 25.3 Å². The number of aromatic nitrogens is 2. The maximum Gasteiger partial charge on any atom is 0.225 e. The molecule has 2 aromatic rings. The molecule has 2 aliphatic rings. The predicted molar refractivity (Wildman–Crippen MR) is 136 cm³/mol. The van der Waals surface area contributed by atoms with Gasteiger partial charge in [-0.05, 0) is 49.6 Å². The van der Waals surface area contributed by atoms with Crippen molar-refractivity contribution in [3.8, 4) is 11.4 Å². The molecule has 2 heterocycles. The van der Waals surface area contributed by atoms with Crippen molar-refractivity contribution in [2.45, 2.75) is 44.7 Å². The maximum absolute atomic E-state index is 12.6. The van der Waals surface area contributed by atoms with Gasteiger partial charge in [0.2, 0.25) is 5.91 Å². The largest absolute Gasteiger partial charge is 0.497 e. The predicted octanol–water partition coefficient (Wildman–Crippen LogP) is 2.96. The Morgan fingerprint density at radius 1 is 1.19 bits per heavy atom. The van der Waals surface area contributed by atoms with Crippen LogP contribution in [0.5, 0.6) is 5.75 Å². The zero-order chi connectivity index (χ0) is 21.6. The molecule has 1 atom stereocenters. The molecule has 1 saturated carbocycles. The number of carbonyl (C=O) groups excluding carboxylic acids is 1. The Balaban J connectivity index is 0.00000289. The molecule has 1 amide bonds. The van der Waals surface area contributed by atoms with Crippen molar-refractivity contribution >= 4 is 35.8 Å². The third-order valence-corrected chi connectivity index (χ3v) is 6.19. The summed E-state index contributed by atoms with van der Waals surface area (Å²) in [6.07, 6.45) is 7.39. The summed E-state index contributed by atoms with van der Waals surface area (Å²) in [6, 6.07) is 10.0. The lowest BCUT2D eigenvalue weighted by atomic mass is 10.1. The number of nitrogens with one attached hydrogen (secondary N) is 2. The van der Waals surface area contributed by atoms with E-state index >= 15 is 0 Å². The van der Waals surface area contributed by atoms with Gasteiger partial charge in [0.15, 0.2) is 5.96 Å². The van der Waals surface area contributed by atoms with Crippen LogP contribution in [0.15, 0.2) is 41.5 Å². The Hall–Kier alpha value is -2.30. The Kier molecular flexibility index (Phi) is 8.77. The van der Waals surface area contributed by atoms with E-state index in [-0.39, 0.29) is 35.9 Å². The standard InChI is InChI=1S/C23H32N6O2.HI/c1-24-23(26-19-11-13-28(16-19)22(30)17-5-3-4-6-17)25-15-18-12-14-29(27-18)20-7-9-21(31-2)10-8-20;/h7-10,12,14,17,19H,3-6,11,13,15-16H2,1-2H3,(H2,24,25,26);1H. The van der Waals surface area contributed by atoms with Crippen LogP contribution < -0.4 is 15.4 Å². The molecule has 1 saturated heterocycles. The molecule has 0 radical (unpaired) electrons. The van der Waals surface area contributed by atoms with Gasteiger partial charge in [0.25, 0.3) is 0 Å². The third-order valence-electron chi connectivity index (χ3n) is 6.19. The molecule has 8 nitrogen and oxygen atoms in total. The van der Waals surface area contributed by atoms with Gasteiger partial charge in [0.1, 0.15) is 5.75 Å². The van der Waals surface area contributed by atoms with Crippen LogP contribution in [0.4, 0.5) is 0 Å². The van der Waals surface area contributed by atoms with Gasteiger partial charge >= 0.3 is 0 Å². The molecule has 1 aromatic heterocycles. The first kappa shape index (κ1) is 24.3. The monoisotopic (exact) mass is 552 g/mol. The van der Waals surface area contributed by atoms with Crippen LogP contribution >= 0.6 is 24.0 Å². The van der Waals surface area contributed by atoms with Crippen molar-refractivity contribution in [2.24, 2.45) is 10.9 Å². The lowest BCUT2D eigenvalue weighted by Gasteiger charge is -2.21. The molecule has 174 valence electrons. The molecule has 1 aliphatic heterocycles. The molecular formula is C23H33IN6O2. The minimum atomic E-state index is 0. The number of likely N-dealkylation sites (tertiary alicyclic amines) is 1. The normalized spacial score (nSPS) is 19.0. The van der Waals surface area contributed by atoms with Gasteiger partial charge in [-0.25, -0.2) is 4.68 Å². The first-order valence-corrected chi connectivity index (χ1v) is 11.1. The molecule has 2 N–H and O–H groups in total. The van der Waals surface area contributed by atoms with Crippen LogP contribution in [-0.2, 0) is 11.3 Å². The van der Waals surface area contributed by atoms with Gasteiger partial charge in [-0.2, -0.15) is 5.10 Å². The van der Waals surface area contributed by atoms with Crippen molar-refractivity contribution in [3.05, 3.63) is 42.2 Å². The Bertz CT molecular complexity index is 907.